The summed E-state index contributed by atoms with van der Waals surface area (Å²) in [6, 6.07) is 7.16. The van der Waals surface area contributed by atoms with Gasteiger partial charge in [0, 0.05) is 44.7 Å². The lowest BCUT2D eigenvalue weighted by Crippen LogP contribution is -2.50. The summed E-state index contributed by atoms with van der Waals surface area (Å²) in [5.74, 6) is 0.378. The molecule has 0 spiro atoms. The fraction of sp³-hybridized carbons (Fsp3) is 0.353. The van der Waals surface area contributed by atoms with Gasteiger partial charge < -0.3 is 14.3 Å². The molecule has 0 radical (unpaired) electrons. The maximum atomic E-state index is 12.6. The quantitative estimate of drug-likeness (QED) is 0.833. The number of hydrogen-bond donors (Lipinski definition) is 1. The SMILES string of the molecule is CC(=O)N1CCN(C(=O)c2ccc(S(=O)(=O)Nc3cc(C)on3)cc2)CC1. The van der Waals surface area contributed by atoms with Crippen molar-refractivity contribution in [3.63, 3.8) is 0 Å². The molecule has 3 rings (SSSR count). The molecular weight excluding hydrogens is 372 g/mol. The molecule has 0 saturated carbocycles. The van der Waals surface area contributed by atoms with Crippen LogP contribution in [0.2, 0.25) is 0 Å². The van der Waals surface area contributed by atoms with Gasteiger partial charge in [0.2, 0.25) is 5.91 Å². The molecule has 1 fully saturated rings. The van der Waals surface area contributed by atoms with E-state index in [1.165, 1.54) is 37.3 Å². The van der Waals surface area contributed by atoms with Gasteiger partial charge >= 0.3 is 0 Å². The van der Waals surface area contributed by atoms with E-state index >= 15 is 0 Å². The Morgan fingerprint density at radius 2 is 1.67 bits per heavy atom. The van der Waals surface area contributed by atoms with Crippen LogP contribution in [-0.4, -0.2) is 61.4 Å². The minimum atomic E-state index is -3.83. The fourth-order valence-electron chi connectivity index (χ4n) is 2.79. The number of carbonyl (C=O) groups is 2. The predicted molar refractivity (Wildman–Crippen MR) is 96.6 cm³/mol. The number of hydrogen-bond acceptors (Lipinski definition) is 6. The van der Waals surface area contributed by atoms with E-state index in [0.29, 0.717) is 37.5 Å². The summed E-state index contributed by atoms with van der Waals surface area (Å²) in [6.45, 7) is 5.05. The van der Waals surface area contributed by atoms with Gasteiger partial charge in [-0.25, -0.2) is 8.42 Å². The number of anilines is 1. The van der Waals surface area contributed by atoms with Gasteiger partial charge in [-0.15, -0.1) is 0 Å². The maximum absolute atomic E-state index is 12.6. The van der Waals surface area contributed by atoms with E-state index < -0.39 is 10.0 Å². The summed E-state index contributed by atoms with van der Waals surface area (Å²) >= 11 is 0. The number of benzene rings is 1. The second-order valence-corrected chi connectivity index (χ2v) is 7.93. The molecule has 10 heteroatoms. The van der Waals surface area contributed by atoms with Gasteiger partial charge in [0.15, 0.2) is 5.82 Å². The van der Waals surface area contributed by atoms with Gasteiger partial charge in [0.1, 0.15) is 5.76 Å². The Bertz CT molecular complexity index is 944. The highest BCUT2D eigenvalue weighted by Crippen LogP contribution is 2.17. The molecule has 1 saturated heterocycles. The van der Waals surface area contributed by atoms with E-state index in [-0.39, 0.29) is 22.5 Å². The highest BCUT2D eigenvalue weighted by molar-refractivity contribution is 7.92. The van der Waals surface area contributed by atoms with Crippen molar-refractivity contribution >= 4 is 27.7 Å². The highest BCUT2D eigenvalue weighted by atomic mass is 32.2. The molecule has 2 aromatic rings. The van der Waals surface area contributed by atoms with Gasteiger partial charge in [-0.3, -0.25) is 14.3 Å². The van der Waals surface area contributed by atoms with Crippen LogP contribution in [0.15, 0.2) is 39.8 Å². The molecule has 1 aliphatic heterocycles. The fourth-order valence-corrected chi connectivity index (χ4v) is 3.78. The van der Waals surface area contributed by atoms with Gasteiger partial charge in [-0.1, -0.05) is 5.16 Å². The highest BCUT2D eigenvalue weighted by Gasteiger charge is 2.24. The van der Waals surface area contributed by atoms with Crippen LogP contribution in [0.1, 0.15) is 23.0 Å². The molecule has 27 heavy (non-hydrogen) atoms. The molecule has 1 aromatic carbocycles. The monoisotopic (exact) mass is 392 g/mol. The van der Waals surface area contributed by atoms with Crippen molar-refractivity contribution in [2.45, 2.75) is 18.7 Å². The Hall–Kier alpha value is -2.88. The minimum Gasteiger partial charge on any atom is -0.360 e. The van der Waals surface area contributed by atoms with Crippen LogP contribution in [0.25, 0.3) is 0 Å². The van der Waals surface area contributed by atoms with Gasteiger partial charge in [-0.2, -0.15) is 0 Å². The molecule has 144 valence electrons. The minimum absolute atomic E-state index is 0.00790. The first-order chi connectivity index (χ1) is 12.8. The van der Waals surface area contributed by atoms with Crippen molar-refractivity contribution in [1.82, 2.24) is 15.0 Å². The summed E-state index contributed by atoms with van der Waals surface area (Å²) in [5, 5.41) is 3.60. The zero-order chi connectivity index (χ0) is 19.6. The largest absolute Gasteiger partial charge is 0.360 e. The molecule has 0 unspecified atom stereocenters. The zero-order valence-electron chi connectivity index (χ0n) is 15.0. The van der Waals surface area contributed by atoms with Crippen LogP contribution < -0.4 is 4.72 Å². The van der Waals surface area contributed by atoms with Crippen LogP contribution in [0, 0.1) is 6.92 Å². The molecule has 9 nitrogen and oxygen atoms in total. The third-order valence-electron chi connectivity index (χ3n) is 4.29. The summed E-state index contributed by atoms with van der Waals surface area (Å²) in [7, 11) is -3.83. The number of aryl methyl sites for hydroxylation is 1. The zero-order valence-corrected chi connectivity index (χ0v) is 15.8. The Kier molecular flexibility index (Phi) is 5.17. The normalized spacial score (nSPS) is 14.9. The second kappa shape index (κ2) is 7.39. The molecule has 1 aliphatic rings. The first-order valence-electron chi connectivity index (χ1n) is 8.37. The Labute approximate surface area is 157 Å². The van der Waals surface area contributed by atoms with Crippen molar-refractivity contribution in [1.29, 1.82) is 0 Å². The predicted octanol–water partition coefficient (Wildman–Crippen LogP) is 1.09. The van der Waals surface area contributed by atoms with Crippen LogP contribution in [0.5, 0.6) is 0 Å². The molecule has 0 bridgehead atoms. The summed E-state index contributed by atoms with van der Waals surface area (Å²) in [4.78, 5) is 27.3. The number of nitrogens with one attached hydrogen (secondary N) is 1. The first kappa shape index (κ1) is 18.9. The number of carbonyl (C=O) groups excluding carboxylic acids is 2. The number of piperazine rings is 1. The number of aromatic nitrogens is 1. The number of amides is 2. The average Bonchev–Trinajstić information content (AvgIpc) is 3.05. The number of rotatable bonds is 4. The van der Waals surface area contributed by atoms with E-state index in [1.54, 1.807) is 16.7 Å². The molecule has 0 atom stereocenters. The molecule has 1 N–H and O–H groups in total. The van der Waals surface area contributed by atoms with E-state index in [0.717, 1.165) is 0 Å². The molecule has 2 amide bonds. The molecular formula is C17H20N4O5S. The van der Waals surface area contributed by atoms with Crippen molar-refractivity contribution < 1.29 is 22.5 Å². The topological polar surface area (TPSA) is 113 Å². The average molecular weight is 392 g/mol. The lowest BCUT2D eigenvalue weighted by atomic mass is 10.2. The van der Waals surface area contributed by atoms with E-state index in [4.69, 9.17) is 4.52 Å². The number of sulfonamides is 1. The van der Waals surface area contributed by atoms with Crippen LogP contribution in [0.4, 0.5) is 5.82 Å². The second-order valence-electron chi connectivity index (χ2n) is 6.25. The standard InChI is InChI=1S/C17H20N4O5S/c1-12-11-16(18-26-12)19-27(24,25)15-5-3-14(4-6-15)17(23)21-9-7-20(8-10-21)13(2)22/h3-6,11H,7-10H2,1-2H3,(H,18,19). The maximum Gasteiger partial charge on any atom is 0.263 e. The van der Waals surface area contributed by atoms with Crippen LogP contribution >= 0.6 is 0 Å². The summed E-state index contributed by atoms with van der Waals surface area (Å²) < 4.78 is 31.9. The Morgan fingerprint density at radius 1 is 1.07 bits per heavy atom. The van der Waals surface area contributed by atoms with Gasteiger partial charge in [0.05, 0.1) is 4.90 Å². The Morgan fingerprint density at radius 3 is 2.19 bits per heavy atom. The lowest BCUT2D eigenvalue weighted by molar-refractivity contribution is -0.130. The summed E-state index contributed by atoms with van der Waals surface area (Å²) in [6.07, 6.45) is 0. The third-order valence-corrected chi connectivity index (χ3v) is 5.66. The van der Waals surface area contributed by atoms with E-state index in [2.05, 4.69) is 9.88 Å². The molecule has 0 aliphatic carbocycles. The van der Waals surface area contributed by atoms with Gasteiger partial charge in [0.25, 0.3) is 15.9 Å². The van der Waals surface area contributed by atoms with E-state index in [1.807, 2.05) is 0 Å². The smallest absolute Gasteiger partial charge is 0.263 e. The molecule has 1 aromatic heterocycles. The Balaban J connectivity index is 1.68. The van der Waals surface area contributed by atoms with Crippen molar-refractivity contribution in [2.24, 2.45) is 0 Å². The molecule has 2 heterocycles. The van der Waals surface area contributed by atoms with Crippen molar-refractivity contribution in [3.05, 3.63) is 41.7 Å². The first-order valence-corrected chi connectivity index (χ1v) is 9.85. The van der Waals surface area contributed by atoms with Crippen LogP contribution in [-0.2, 0) is 14.8 Å². The van der Waals surface area contributed by atoms with Crippen molar-refractivity contribution in [2.75, 3.05) is 30.9 Å². The lowest BCUT2D eigenvalue weighted by Gasteiger charge is -2.34. The van der Waals surface area contributed by atoms with E-state index in [9.17, 15) is 18.0 Å². The van der Waals surface area contributed by atoms with Crippen molar-refractivity contribution in [3.8, 4) is 0 Å². The third kappa shape index (κ3) is 4.27. The van der Waals surface area contributed by atoms with Gasteiger partial charge in [-0.05, 0) is 31.2 Å². The number of nitrogens with zero attached hydrogens (tertiary/aromatic N) is 3. The summed E-state index contributed by atoms with van der Waals surface area (Å²) in [5.41, 5.74) is 0.391. The van der Waals surface area contributed by atoms with Crippen LogP contribution in [0.3, 0.4) is 0 Å².